The van der Waals surface area contributed by atoms with Crippen LogP contribution in [-0.4, -0.2) is 30.6 Å². The van der Waals surface area contributed by atoms with Crippen LogP contribution in [0, 0.1) is 0 Å². The van der Waals surface area contributed by atoms with Gasteiger partial charge in [-0.05, 0) is 34.4 Å². The van der Waals surface area contributed by atoms with Crippen LogP contribution < -0.4 is 5.73 Å². The smallest absolute Gasteiger partial charge is 0.0298 e. The molecule has 0 amide bonds. The predicted octanol–water partition coefficient (Wildman–Crippen LogP) is 1.45. The van der Waals surface area contributed by atoms with Gasteiger partial charge in [-0.2, -0.15) is 0 Å². The molecule has 0 spiro atoms. The van der Waals surface area contributed by atoms with Crippen molar-refractivity contribution in [3.05, 3.63) is 0 Å². The first kappa shape index (κ1) is 10.9. The van der Waals surface area contributed by atoms with Crippen molar-refractivity contribution < 1.29 is 0 Å². The van der Waals surface area contributed by atoms with Crippen molar-refractivity contribution in [2.24, 2.45) is 5.73 Å². The van der Waals surface area contributed by atoms with Crippen molar-refractivity contribution in [2.75, 3.05) is 14.1 Å². The molecule has 0 aromatic heterocycles. The van der Waals surface area contributed by atoms with Gasteiger partial charge in [0.2, 0.25) is 0 Å². The molecule has 0 fully saturated rings. The zero-order chi connectivity index (χ0) is 9.07. The molecule has 0 aliphatic heterocycles. The molecule has 0 aromatic carbocycles. The average molecular weight is 158 g/mol. The minimum Gasteiger partial charge on any atom is -0.326 e. The first-order valence-corrected chi connectivity index (χ1v) is 4.36. The van der Waals surface area contributed by atoms with Gasteiger partial charge >= 0.3 is 0 Å². The van der Waals surface area contributed by atoms with Crippen LogP contribution in [0.2, 0.25) is 0 Å². The standard InChI is InChI=1S/C9H22N2/c1-6-7-8(10)9(2,3)11(4)5/h8H,6-7,10H2,1-5H3. The van der Waals surface area contributed by atoms with Gasteiger partial charge < -0.3 is 10.6 Å². The summed E-state index contributed by atoms with van der Waals surface area (Å²) in [7, 11) is 4.16. The van der Waals surface area contributed by atoms with Crippen molar-refractivity contribution in [1.82, 2.24) is 4.90 Å². The number of hydrogen-bond acceptors (Lipinski definition) is 2. The molecule has 0 heterocycles. The molecule has 0 aliphatic rings. The molecular weight excluding hydrogens is 136 g/mol. The molecule has 2 N–H and O–H groups in total. The van der Waals surface area contributed by atoms with Gasteiger partial charge in [0.15, 0.2) is 0 Å². The largest absolute Gasteiger partial charge is 0.326 e. The minimum atomic E-state index is 0.121. The quantitative estimate of drug-likeness (QED) is 0.671. The highest BCUT2D eigenvalue weighted by Crippen LogP contribution is 2.17. The highest BCUT2D eigenvalue weighted by atomic mass is 15.2. The van der Waals surface area contributed by atoms with Crippen LogP contribution >= 0.6 is 0 Å². The highest BCUT2D eigenvalue weighted by molar-refractivity contribution is 4.88. The minimum absolute atomic E-state index is 0.121. The van der Waals surface area contributed by atoms with Crippen LogP contribution in [0.25, 0.3) is 0 Å². The lowest BCUT2D eigenvalue weighted by Crippen LogP contribution is -2.52. The maximum Gasteiger partial charge on any atom is 0.0298 e. The van der Waals surface area contributed by atoms with E-state index in [9.17, 15) is 0 Å². The maximum atomic E-state index is 6.02. The topological polar surface area (TPSA) is 29.3 Å². The molecule has 0 aromatic rings. The van der Waals surface area contributed by atoms with E-state index >= 15 is 0 Å². The van der Waals surface area contributed by atoms with Gasteiger partial charge in [0, 0.05) is 11.6 Å². The molecular formula is C9H22N2. The molecule has 2 nitrogen and oxygen atoms in total. The average Bonchev–Trinajstić information content (AvgIpc) is 1.88. The lowest BCUT2D eigenvalue weighted by molar-refractivity contribution is 0.153. The van der Waals surface area contributed by atoms with Crippen molar-refractivity contribution in [3.63, 3.8) is 0 Å². The lowest BCUT2D eigenvalue weighted by Gasteiger charge is -2.38. The zero-order valence-corrected chi connectivity index (χ0v) is 8.52. The van der Waals surface area contributed by atoms with Gasteiger partial charge in [0.25, 0.3) is 0 Å². The first-order valence-electron chi connectivity index (χ1n) is 4.36. The molecule has 1 atom stereocenters. The van der Waals surface area contributed by atoms with E-state index in [1.54, 1.807) is 0 Å². The van der Waals surface area contributed by atoms with E-state index in [1.807, 2.05) is 0 Å². The lowest BCUT2D eigenvalue weighted by atomic mass is 9.91. The fraction of sp³-hybridized carbons (Fsp3) is 1.00. The summed E-state index contributed by atoms with van der Waals surface area (Å²) in [5.74, 6) is 0. The Morgan fingerprint density at radius 1 is 1.36 bits per heavy atom. The summed E-state index contributed by atoms with van der Waals surface area (Å²) < 4.78 is 0. The van der Waals surface area contributed by atoms with E-state index < -0.39 is 0 Å². The summed E-state index contributed by atoms with van der Waals surface area (Å²) in [4.78, 5) is 2.19. The number of hydrogen-bond donors (Lipinski definition) is 1. The Morgan fingerprint density at radius 2 is 1.82 bits per heavy atom. The second-order valence-corrected chi connectivity index (χ2v) is 3.94. The summed E-state index contributed by atoms with van der Waals surface area (Å²) in [5.41, 5.74) is 6.14. The molecule has 0 saturated heterocycles. The van der Waals surface area contributed by atoms with Crippen LogP contribution in [0.1, 0.15) is 33.6 Å². The third-order valence-electron chi connectivity index (χ3n) is 2.66. The van der Waals surface area contributed by atoms with Gasteiger partial charge in [0.1, 0.15) is 0 Å². The van der Waals surface area contributed by atoms with Crippen LogP contribution in [0.5, 0.6) is 0 Å². The van der Waals surface area contributed by atoms with Gasteiger partial charge in [0.05, 0.1) is 0 Å². The fourth-order valence-corrected chi connectivity index (χ4v) is 0.996. The van der Waals surface area contributed by atoms with E-state index in [4.69, 9.17) is 5.73 Å². The van der Waals surface area contributed by atoms with Crippen molar-refractivity contribution in [2.45, 2.75) is 45.2 Å². The van der Waals surface area contributed by atoms with Gasteiger partial charge in [-0.1, -0.05) is 13.3 Å². The van der Waals surface area contributed by atoms with E-state index in [0.29, 0.717) is 0 Å². The third-order valence-corrected chi connectivity index (χ3v) is 2.66. The van der Waals surface area contributed by atoms with Gasteiger partial charge in [-0.15, -0.1) is 0 Å². The van der Waals surface area contributed by atoms with E-state index in [1.165, 1.54) is 6.42 Å². The Balaban J connectivity index is 4.05. The molecule has 0 rings (SSSR count). The number of likely N-dealkylation sites (N-methyl/N-ethyl adjacent to an activating group) is 1. The Kier molecular flexibility index (Phi) is 4.04. The van der Waals surface area contributed by atoms with Crippen LogP contribution in [0.4, 0.5) is 0 Å². The summed E-state index contributed by atoms with van der Waals surface area (Å²) in [6.45, 7) is 6.55. The van der Waals surface area contributed by atoms with Gasteiger partial charge in [-0.3, -0.25) is 0 Å². The SMILES string of the molecule is CCCC(N)C(C)(C)N(C)C. The molecule has 1 unspecified atom stereocenters. The predicted molar refractivity (Wildman–Crippen MR) is 50.6 cm³/mol. The van der Waals surface area contributed by atoms with Gasteiger partial charge in [-0.25, -0.2) is 0 Å². The molecule has 0 saturated carbocycles. The Hall–Kier alpha value is -0.0800. The summed E-state index contributed by atoms with van der Waals surface area (Å²) in [6.07, 6.45) is 2.27. The van der Waals surface area contributed by atoms with Crippen LogP contribution in [0.3, 0.4) is 0 Å². The van der Waals surface area contributed by atoms with Crippen molar-refractivity contribution in [1.29, 1.82) is 0 Å². The second-order valence-electron chi connectivity index (χ2n) is 3.94. The van der Waals surface area contributed by atoms with Crippen LogP contribution in [0.15, 0.2) is 0 Å². The zero-order valence-electron chi connectivity index (χ0n) is 8.52. The van der Waals surface area contributed by atoms with Crippen molar-refractivity contribution >= 4 is 0 Å². The number of nitrogens with zero attached hydrogens (tertiary/aromatic N) is 1. The second kappa shape index (κ2) is 4.07. The van der Waals surface area contributed by atoms with E-state index in [0.717, 1.165) is 6.42 Å². The summed E-state index contributed by atoms with van der Waals surface area (Å²) in [5, 5.41) is 0. The summed E-state index contributed by atoms with van der Waals surface area (Å²) >= 11 is 0. The highest BCUT2D eigenvalue weighted by Gasteiger charge is 2.27. The molecule has 11 heavy (non-hydrogen) atoms. The maximum absolute atomic E-state index is 6.02. The Morgan fingerprint density at radius 3 is 2.09 bits per heavy atom. The van der Waals surface area contributed by atoms with E-state index in [2.05, 4.69) is 39.8 Å². The van der Waals surface area contributed by atoms with Crippen molar-refractivity contribution in [3.8, 4) is 0 Å². The normalized spacial score (nSPS) is 15.5. The number of nitrogens with two attached hydrogens (primary N) is 1. The number of rotatable bonds is 4. The molecule has 0 bridgehead atoms. The Labute approximate surface area is 70.8 Å². The first-order chi connectivity index (χ1) is 4.92. The molecule has 2 heteroatoms. The Bertz CT molecular complexity index is 108. The van der Waals surface area contributed by atoms with E-state index in [-0.39, 0.29) is 11.6 Å². The fourth-order valence-electron chi connectivity index (χ4n) is 0.996. The third kappa shape index (κ3) is 2.80. The molecule has 68 valence electrons. The summed E-state index contributed by atoms with van der Waals surface area (Å²) in [6, 6.07) is 0.280. The molecule has 0 aliphatic carbocycles. The monoisotopic (exact) mass is 158 g/mol. The van der Waals surface area contributed by atoms with Crippen LogP contribution in [-0.2, 0) is 0 Å². The molecule has 0 radical (unpaired) electrons.